The Hall–Kier alpha value is -2.97. The van der Waals surface area contributed by atoms with Crippen LogP contribution in [0.15, 0.2) is 48.8 Å². The van der Waals surface area contributed by atoms with Crippen molar-refractivity contribution < 1.29 is 19.4 Å². The van der Waals surface area contributed by atoms with E-state index in [9.17, 15) is 14.7 Å². The van der Waals surface area contributed by atoms with Crippen LogP contribution >= 0.6 is 0 Å². The Morgan fingerprint density at radius 1 is 1.25 bits per heavy atom. The lowest BCUT2D eigenvalue weighted by molar-refractivity contribution is -0.143. The highest BCUT2D eigenvalue weighted by atomic mass is 16.5. The number of aromatic nitrogens is 1. The van der Waals surface area contributed by atoms with Gasteiger partial charge in [-0.2, -0.15) is 0 Å². The van der Waals surface area contributed by atoms with Crippen molar-refractivity contribution in [3.8, 4) is 0 Å². The number of nitrogens with zero attached hydrogens (tertiary/aromatic N) is 3. The first kappa shape index (κ1) is 19.8. The maximum Gasteiger partial charge on any atom is 0.325 e. The molecule has 2 aromatic rings. The summed E-state index contributed by atoms with van der Waals surface area (Å²) in [6.07, 6.45) is 3.40. The van der Waals surface area contributed by atoms with Crippen molar-refractivity contribution in [3.05, 3.63) is 59.9 Å². The number of morpholine rings is 1. The molecule has 8 nitrogen and oxygen atoms in total. The molecule has 1 saturated heterocycles. The van der Waals surface area contributed by atoms with Crippen molar-refractivity contribution >= 4 is 17.7 Å². The van der Waals surface area contributed by atoms with Crippen LogP contribution in [-0.2, 0) is 16.1 Å². The van der Waals surface area contributed by atoms with E-state index in [0.29, 0.717) is 44.1 Å². The fourth-order valence-corrected chi connectivity index (χ4v) is 3.17. The molecule has 1 aromatic carbocycles. The van der Waals surface area contributed by atoms with E-state index in [2.05, 4.69) is 10.3 Å². The van der Waals surface area contributed by atoms with Crippen LogP contribution in [0.3, 0.4) is 0 Å². The molecule has 2 N–H and O–H groups in total. The third-order valence-electron chi connectivity index (χ3n) is 4.61. The van der Waals surface area contributed by atoms with Gasteiger partial charge in [-0.25, -0.2) is 4.79 Å². The zero-order chi connectivity index (χ0) is 19.9. The number of rotatable bonds is 6. The fourth-order valence-electron chi connectivity index (χ4n) is 3.17. The second-order valence-electron chi connectivity index (χ2n) is 6.67. The lowest BCUT2D eigenvalue weighted by Gasteiger charge is -2.27. The molecule has 3 rings (SSSR count). The van der Waals surface area contributed by atoms with Crippen molar-refractivity contribution in [1.29, 1.82) is 0 Å². The maximum atomic E-state index is 12.3. The number of benzene rings is 1. The van der Waals surface area contributed by atoms with Crippen molar-refractivity contribution in [1.82, 2.24) is 14.8 Å². The van der Waals surface area contributed by atoms with Crippen LogP contribution in [0.2, 0.25) is 0 Å². The van der Waals surface area contributed by atoms with Gasteiger partial charge in [-0.05, 0) is 36.4 Å². The molecule has 1 aromatic heterocycles. The van der Waals surface area contributed by atoms with E-state index in [1.165, 1.54) is 0 Å². The molecule has 1 aliphatic rings. The number of hydrogen-bond acceptors (Lipinski definition) is 5. The predicted octanol–water partition coefficient (Wildman–Crippen LogP) is 2.20. The minimum Gasteiger partial charge on any atom is -0.480 e. The maximum absolute atomic E-state index is 12.3. The van der Waals surface area contributed by atoms with Crippen molar-refractivity contribution in [2.24, 2.45) is 0 Å². The van der Waals surface area contributed by atoms with Gasteiger partial charge in [-0.1, -0.05) is 18.2 Å². The largest absolute Gasteiger partial charge is 0.480 e. The number of pyridine rings is 1. The van der Waals surface area contributed by atoms with Crippen molar-refractivity contribution in [2.75, 3.05) is 38.7 Å². The molecule has 0 bridgehead atoms. The van der Waals surface area contributed by atoms with Crippen LogP contribution in [0.25, 0.3) is 0 Å². The Balaban J connectivity index is 1.66. The summed E-state index contributed by atoms with van der Waals surface area (Å²) < 4.78 is 5.24. The van der Waals surface area contributed by atoms with Crippen LogP contribution in [0, 0.1) is 0 Å². The Labute approximate surface area is 163 Å². The molecular weight excluding hydrogens is 360 g/mol. The third kappa shape index (κ3) is 5.05. The van der Waals surface area contributed by atoms with E-state index in [1.54, 1.807) is 53.5 Å². The van der Waals surface area contributed by atoms with Crippen LogP contribution in [0.1, 0.15) is 17.2 Å². The van der Waals surface area contributed by atoms with Gasteiger partial charge in [0.2, 0.25) is 0 Å². The van der Waals surface area contributed by atoms with Crippen molar-refractivity contribution in [2.45, 2.75) is 12.6 Å². The molecule has 0 aliphatic carbocycles. The summed E-state index contributed by atoms with van der Waals surface area (Å²) in [5.74, 6) is -0.934. The SMILES string of the molecule is CN(Cc1cccnc1)[C@@H](C(=O)O)c1ccc(NC(=O)N2CCOCC2)cc1. The molecule has 1 aliphatic heterocycles. The summed E-state index contributed by atoms with van der Waals surface area (Å²) in [7, 11) is 1.76. The van der Waals surface area contributed by atoms with Gasteiger partial charge in [0.05, 0.1) is 13.2 Å². The zero-order valence-corrected chi connectivity index (χ0v) is 15.7. The molecular formula is C20H24N4O4. The first-order chi connectivity index (χ1) is 13.5. The number of ether oxygens (including phenoxy) is 1. The first-order valence-corrected chi connectivity index (χ1v) is 9.10. The molecule has 2 heterocycles. The highest BCUT2D eigenvalue weighted by molar-refractivity contribution is 5.89. The number of aliphatic carboxylic acids is 1. The summed E-state index contributed by atoms with van der Waals surface area (Å²) in [5.41, 5.74) is 2.20. The average Bonchev–Trinajstić information content (AvgIpc) is 2.70. The number of amides is 2. The molecule has 148 valence electrons. The van der Waals surface area contributed by atoms with E-state index in [0.717, 1.165) is 5.56 Å². The lowest BCUT2D eigenvalue weighted by atomic mass is 10.0. The van der Waals surface area contributed by atoms with E-state index < -0.39 is 12.0 Å². The van der Waals surface area contributed by atoms with E-state index in [-0.39, 0.29) is 6.03 Å². The third-order valence-corrected chi connectivity index (χ3v) is 4.61. The van der Waals surface area contributed by atoms with Crippen molar-refractivity contribution in [3.63, 3.8) is 0 Å². The van der Waals surface area contributed by atoms with Crippen LogP contribution in [-0.4, -0.2) is 65.2 Å². The first-order valence-electron chi connectivity index (χ1n) is 9.10. The van der Waals surface area contributed by atoms with Gasteiger partial charge in [0.15, 0.2) is 0 Å². The number of urea groups is 1. The van der Waals surface area contributed by atoms with Gasteiger partial charge in [-0.15, -0.1) is 0 Å². The Kier molecular flexibility index (Phi) is 6.57. The predicted molar refractivity (Wildman–Crippen MR) is 104 cm³/mol. The summed E-state index contributed by atoms with van der Waals surface area (Å²) in [6, 6.07) is 9.66. The average molecular weight is 384 g/mol. The minimum absolute atomic E-state index is 0.181. The van der Waals surface area contributed by atoms with Gasteiger partial charge in [0.1, 0.15) is 6.04 Å². The number of nitrogens with one attached hydrogen (secondary N) is 1. The molecule has 2 amide bonds. The van der Waals surface area contributed by atoms with Gasteiger partial charge in [0.25, 0.3) is 0 Å². The monoisotopic (exact) mass is 384 g/mol. The van der Waals surface area contributed by atoms with Crippen LogP contribution in [0.4, 0.5) is 10.5 Å². The molecule has 0 radical (unpaired) electrons. The Morgan fingerprint density at radius 3 is 2.57 bits per heavy atom. The number of anilines is 1. The molecule has 0 saturated carbocycles. The van der Waals surface area contributed by atoms with Gasteiger partial charge in [-0.3, -0.25) is 14.7 Å². The molecule has 0 spiro atoms. The number of carboxylic acid groups (broad SMARTS) is 1. The lowest BCUT2D eigenvalue weighted by Crippen LogP contribution is -2.43. The van der Waals surface area contributed by atoms with Gasteiger partial charge >= 0.3 is 12.0 Å². The number of hydrogen-bond donors (Lipinski definition) is 2. The molecule has 0 unspecified atom stereocenters. The number of likely N-dealkylation sites (N-methyl/N-ethyl adjacent to an activating group) is 1. The summed E-state index contributed by atoms with van der Waals surface area (Å²) in [6.45, 7) is 2.65. The Bertz CT molecular complexity index is 792. The summed E-state index contributed by atoms with van der Waals surface area (Å²) >= 11 is 0. The molecule has 8 heteroatoms. The normalized spacial score (nSPS) is 15.3. The highest BCUT2D eigenvalue weighted by Gasteiger charge is 2.25. The second kappa shape index (κ2) is 9.29. The van der Waals surface area contributed by atoms with Crippen LogP contribution in [0.5, 0.6) is 0 Å². The fraction of sp³-hybridized carbons (Fsp3) is 0.350. The zero-order valence-electron chi connectivity index (χ0n) is 15.7. The van der Waals surface area contributed by atoms with Crippen LogP contribution < -0.4 is 5.32 Å². The smallest absolute Gasteiger partial charge is 0.325 e. The van der Waals surface area contributed by atoms with E-state index in [1.807, 2.05) is 12.1 Å². The van der Waals surface area contributed by atoms with E-state index in [4.69, 9.17) is 4.74 Å². The van der Waals surface area contributed by atoms with E-state index >= 15 is 0 Å². The Morgan fingerprint density at radius 2 is 1.96 bits per heavy atom. The number of carbonyl (C=O) groups excluding carboxylic acids is 1. The second-order valence-corrected chi connectivity index (χ2v) is 6.67. The highest BCUT2D eigenvalue weighted by Crippen LogP contribution is 2.23. The molecule has 1 atom stereocenters. The number of carbonyl (C=O) groups is 2. The standard InChI is InChI=1S/C20H24N4O4/c1-23(14-15-3-2-8-21-13-15)18(19(25)26)16-4-6-17(7-5-16)22-20(27)24-9-11-28-12-10-24/h2-8,13,18H,9-12,14H2,1H3,(H,22,27)(H,25,26)/t18-/m1/s1. The molecule has 28 heavy (non-hydrogen) atoms. The molecule has 1 fully saturated rings. The quantitative estimate of drug-likeness (QED) is 0.793. The number of carboxylic acids is 1. The summed E-state index contributed by atoms with van der Waals surface area (Å²) in [4.78, 5) is 31.6. The minimum atomic E-state index is -0.934. The summed E-state index contributed by atoms with van der Waals surface area (Å²) in [5, 5.41) is 12.6. The van der Waals surface area contributed by atoms with Gasteiger partial charge < -0.3 is 20.1 Å². The van der Waals surface area contributed by atoms with Gasteiger partial charge in [0, 0.05) is 37.7 Å². The topological polar surface area (TPSA) is 95.0 Å².